The van der Waals surface area contributed by atoms with Crippen molar-refractivity contribution in [1.29, 1.82) is 0 Å². The first-order valence-electron chi connectivity index (χ1n) is 8.87. The van der Waals surface area contributed by atoms with E-state index in [9.17, 15) is 14.7 Å². The van der Waals surface area contributed by atoms with Gasteiger partial charge in [0, 0.05) is 6.54 Å². The Balaban J connectivity index is 1.53. The summed E-state index contributed by atoms with van der Waals surface area (Å²) in [5, 5.41) is 9.67. The molecule has 140 valence electrons. The zero-order valence-corrected chi connectivity index (χ0v) is 14.8. The molecule has 1 aromatic rings. The molecule has 0 aromatic heterocycles. The highest BCUT2D eigenvalue weighted by Crippen LogP contribution is 2.56. The van der Waals surface area contributed by atoms with Crippen LogP contribution in [0.2, 0.25) is 0 Å². The molecular weight excluding hydrogens is 350 g/mol. The van der Waals surface area contributed by atoms with Crippen molar-refractivity contribution < 1.29 is 28.9 Å². The normalized spacial score (nSPS) is 35.0. The van der Waals surface area contributed by atoms with Crippen LogP contribution in [-0.2, 0) is 20.9 Å². The summed E-state index contributed by atoms with van der Waals surface area (Å²) < 4.78 is 16.8. The number of benzene rings is 1. The molecule has 7 heteroatoms. The third-order valence-corrected chi connectivity index (χ3v) is 5.92. The summed E-state index contributed by atoms with van der Waals surface area (Å²) in [6, 6.07) is 5.13. The molecular formula is C20H19NO6. The second-order valence-electron chi connectivity index (χ2n) is 7.54. The van der Waals surface area contributed by atoms with Crippen LogP contribution in [0.15, 0.2) is 42.5 Å². The topological polar surface area (TPSA) is 85.3 Å². The van der Waals surface area contributed by atoms with Gasteiger partial charge in [-0.1, -0.05) is 30.4 Å². The number of carbonyl (C=O) groups is 2. The average molecular weight is 369 g/mol. The smallest absolute Gasteiger partial charge is 0.310 e. The quantitative estimate of drug-likeness (QED) is 0.814. The van der Waals surface area contributed by atoms with Gasteiger partial charge in [0.15, 0.2) is 11.5 Å². The van der Waals surface area contributed by atoms with Crippen LogP contribution in [0.3, 0.4) is 0 Å². The van der Waals surface area contributed by atoms with Crippen LogP contribution >= 0.6 is 0 Å². The number of carboxylic acids is 1. The highest BCUT2D eigenvalue weighted by atomic mass is 16.7. The predicted octanol–water partition coefficient (Wildman–Crippen LogP) is 1.73. The summed E-state index contributed by atoms with van der Waals surface area (Å²) in [4.78, 5) is 26.8. The molecule has 4 heterocycles. The van der Waals surface area contributed by atoms with Crippen LogP contribution in [0, 0.1) is 11.8 Å². The van der Waals surface area contributed by atoms with Gasteiger partial charge in [-0.3, -0.25) is 9.59 Å². The van der Waals surface area contributed by atoms with Crippen LogP contribution in [0.5, 0.6) is 11.5 Å². The third-order valence-electron chi connectivity index (χ3n) is 5.92. The fraction of sp³-hybridized carbons (Fsp3) is 0.400. The zero-order chi connectivity index (χ0) is 18.9. The Kier molecular flexibility index (Phi) is 3.25. The Hall–Kier alpha value is -2.80. The van der Waals surface area contributed by atoms with Crippen molar-refractivity contribution in [2.75, 3.05) is 6.79 Å². The second kappa shape index (κ2) is 5.36. The first-order valence-corrected chi connectivity index (χ1v) is 8.87. The van der Waals surface area contributed by atoms with E-state index in [1.54, 1.807) is 11.0 Å². The number of likely N-dealkylation sites (tertiary alicyclic amines) is 1. The molecule has 0 saturated carbocycles. The number of rotatable bonds is 4. The lowest BCUT2D eigenvalue weighted by Crippen LogP contribution is -2.45. The number of aliphatic carboxylic acids is 1. The Morgan fingerprint density at radius 3 is 2.89 bits per heavy atom. The Morgan fingerprint density at radius 1 is 1.37 bits per heavy atom. The van der Waals surface area contributed by atoms with E-state index in [1.165, 1.54) is 0 Å². The molecule has 27 heavy (non-hydrogen) atoms. The summed E-state index contributed by atoms with van der Waals surface area (Å²) in [6.45, 7) is 6.41. The summed E-state index contributed by atoms with van der Waals surface area (Å²) >= 11 is 0. The highest BCUT2D eigenvalue weighted by molar-refractivity contribution is 5.92. The largest absolute Gasteiger partial charge is 0.481 e. The van der Waals surface area contributed by atoms with Crippen LogP contribution in [0.25, 0.3) is 0 Å². The van der Waals surface area contributed by atoms with Gasteiger partial charge >= 0.3 is 5.97 Å². The van der Waals surface area contributed by atoms with Gasteiger partial charge in [-0.15, -0.1) is 0 Å². The third kappa shape index (κ3) is 2.06. The summed E-state index contributed by atoms with van der Waals surface area (Å²) in [6.07, 6.45) is 3.06. The second-order valence-corrected chi connectivity index (χ2v) is 7.54. The highest BCUT2D eigenvalue weighted by Gasteiger charge is 2.71. The van der Waals surface area contributed by atoms with Crippen molar-refractivity contribution in [2.45, 2.75) is 31.2 Å². The molecule has 0 unspecified atom stereocenters. The standard InChI is InChI=1S/C20H19NO6/c1-10(2)17-20-6-5-13(27-20)15(19(23)24)16(20)18(22)21(17)8-11-3-4-12-14(7-11)26-9-25-12/h3-7,13,15-17H,1,8-9H2,2H3,(H,23,24)/t13-,15+,16+,17+,20-/m1/s1. The fourth-order valence-corrected chi connectivity index (χ4v) is 4.96. The maximum Gasteiger partial charge on any atom is 0.310 e. The minimum absolute atomic E-state index is 0.182. The maximum absolute atomic E-state index is 13.3. The number of hydrogen-bond acceptors (Lipinski definition) is 5. The van der Waals surface area contributed by atoms with Crippen LogP contribution in [0.4, 0.5) is 0 Å². The molecule has 1 aromatic carbocycles. The lowest BCUT2D eigenvalue weighted by Gasteiger charge is -2.33. The van der Waals surface area contributed by atoms with Crippen molar-refractivity contribution >= 4 is 11.9 Å². The number of hydrogen-bond donors (Lipinski definition) is 1. The molecule has 2 fully saturated rings. The van der Waals surface area contributed by atoms with Gasteiger partial charge in [0.05, 0.1) is 18.1 Å². The Bertz CT molecular complexity index is 908. The van der Waals surface area contributed by atoms with Crippen LogP contribution < -0.4 is 9.47 Å². The lowest BCUT2D eigenvalue weighted by atomic mass is 9.74. The van der Waals surface area contributed by atoms with Crippen molar-refractivity contribution in [3.05, 3.63) is 48.1 Å². The molecule has 0 radical (unpaired) electrons. The number of carboxylic acid groups (broad SMARTS) is 1. The molecule has 1 amide bonds. The van der Waals surface area contributed by atoms with E-state index in [2.05, 4.69) is 6.58 Å². The average Bonchev–Trinajstić information content (AvgIpc) is 3.35. The number of ether oxygens (including phenoxy) is 3. The molecule has 5 rings (SSSR count). The molecule has 1 spiro atoms. The summed E-state index contributed by atoms with van der Waals surface area (Å²) in [7, 11) is 0. The monoisotopic (exact) mass is 369 g/mol. The van der Waals surface area contributed by atoms with E-state index >= 15 is 0 Å². The fourth-order valence-electron chi connectivity index (χ4n) is 4.96. The molecule has 0 aliphatic carbocycles. The molecule has 1 N–H and O–H groups in total. The van der Waals surface area contributed by atoms with E-state index in [-0.39, 0.29) is 12.7 Å². The van der Waals surface area contributed by atoms with Crippen LogP contribution in [0.1, 0.15) is 12.5 Å². The van der Waals surface area contributed by atoms with Gasteiger partial charge in [-0.25, -0.2) is 0 Å². The number of amides is 1. The van der Waals surface area contributed by atoms with Gasteiger partial charge in [0.25, 0.3) is 0 Å². The molecule has 5 atom stereocenters. The van der Waals surface area contributed by atoms with Crippen molar-refractivity contribution in [3.63, 3.8) is 0 Å². The van der Waals surface area contributed by atoms with E-state index < -0.39 is 35.6 Å². The lowest BCUT2D eigenvalue weighted by molar-refractivity contribution is -0.148. The van der Waals surface area contributed by atoms with E-state index in [4.69, 9.17) is 14.2 Å². The zero-order valence-electron chi connectivity index (χ0n) is 14.8. The van der Waals surface area contributed by atoms with Gasteiger partial charge in [-0.2, -0.15) is 0 Å². The minimum atomic E-state index is -1.00. The number of nitrogens with zero attached hydrogens (tertiary/aromatic N) is 1. The van der Waals surface area contributed by atoms with E-state index in [1.807, 2.05) is 31.2 Å². The first kappa shape index (κ1) is 16.4. The van der Waals surface area contributed by atoms with Crippen LogP contribution in [-0.4, -0.2) is 46.4 Å². The van der Waals surface area contributed by atoms with E-state index in [0.717, 1.165) is 11.1 Å². The predicted molar refractivity (Wildman–Crippen MR) is 93.1 cm³/mol. The first-order chi connectivity index (χ1) is 12.9. The molecule has 4 aliphatic heterocycles. The number of fused-ring (bicyclic) bond motifs is 2. The minimum Gasteiger partial charge on any atom is -0.481 e. The van der Waals surface area contributed by atoms with Crippen molar-refractivity contribution in [2.24, 2.45) is 11.8 Å². The molecule has 4 aliphatic rings. The Morgan fingerprint density at radius 2 is 2.15 bits per heavy atom. The van der Waals surface area contributed by atoms with Gasteiger partial charge in [-0.05, 0) is 24.6 Å². The van der Waals surface area contributed by atoms with Crippen molar-refractivity contribution in [3.8, 4) is 11.5 Å². The summed E-state index contributed by atoms with van der Waals surface area (Å²) in [5.74, 6) is -1.50. The van der Waals surface area contributed by atoms with Gasteiger partial charge in [0.1, 0.15) is 11.5 Å². The molecule has 2 saturated heterocycles. The number of carbonyl (C=O) groups excluding carboxylic acids is 1. The van der Waals surface area contributed by atoms with E-state index in [0.29, 0.717) is 18.0 Å². The molecule has 2 bridgehead atoms. The van der Waals surface area contributed by atoms with Gasteiger partial charge in [0.2, 0.25) is 12.7 Å². The SMILES string of the molecule is C=C(C)[C@@H]1N(Cc2ccc3c(c2)OCO3)C(=O)[C@@H]2[C@@H](C(=O)O)[C@H]3C=C[C@@]21O3. The summed E-state index contributed by atoms with van der Waals surface area (Å²) in [5.41, 5.74) is 0.691. The van der Waals surface area contributed by atoms with Gasteiger partial charge < -0.3 is 24.2 Å². The Labute approximate surface area is 155 Å². The molecule has 7 nitrogen and oxygen atoms in total. The maximum atomic E-state index is 13.3. The van der Waals surface area contributed by atoms with Crippen molar-refractivity contribution in [1.82, 2.24) is 4.90 Å².